The topological polar surface area (TPSA) is 41.6 Å². The van der Waals surface area contributed by atoms with Gasteiger partial charge < -0.3 is 0 Å². The molecule has 0 saturated heterocycles. The van der Waals surface area contributed by atoms with Crippen LogP contribution in [0.2, 0.25) is 0 Å². The molecular formula is C13H11N3. The van der Waals surface area contributed by atoms with Crippen molar-refractivity contribution >= 4 is 11.0 Å². The van der Waals surface area contributed by atoms with Crippen molar-refractivity contribution in [2.75, 3.05) is 0 Å². The zero-order valence-electron chi connectivity index (χ0n) is 8.94. The van der Waals surface area contributed by atoms with Crippen molar-refractivity contribution in [3.05, 3.63) is 48.2 Å². The Bertz CT molecular complexity index is 626. The van der Waals surface area contributed by atoms with Crippen LogP contribution >= 0.6 is 0 Å². The minimum Gasteiger partial charge on any atom is -0.280 e. The standard InChI is InChI=1S/C13H11N3/c1-9-11-7-8-12(14-13(11)16-15-9)10-5-3-2-4-6-10/h2-8H,1H3,(H,14,15,16). The number of hydrogen-bond acceptors (Lipinski definition) is 2. The summed E-state index contributed by atoms with van der Waals surface area (Å²) in [4.78, 5) is 4.52. The predicted molar refractivity (Wildman–Crippen MR) is 64.1 cm³/mol. The first-order chi connectivity index (χ1) is 7.84. The monoisotopic (exact) mass is 209 g/mol. The first-order valence-electron chi connectivity index (χ1n) is 5.22. The summed E-state index contributed by atoms with van der Waals surface area (Å²) in [6.07, 6.45) is 0. The first kappa shape index (κ1) is 9.09. The van der Waals surface area contributed by atoms with E-state index in [-0.39, 0.29) is 0 Å². The highest BCUT2D eigenvalue weighted by Crippen LogP contribution is 2.20. The number of H-pyrrole nitrogens is 1. The Morgan fingerprint density at radius 1 is 1.00 bits per heavy atom. The van der Waals surface area contributed by atoms with Gasteiger partial charge in [0.2, 0.25) is 0 Å². The number of rotatable bonds is 1. The molecule has 16 heavy (non-hydrogen) atoms. The summed E-state index contributed by atoms with van der Waals surface area (Å²) in [6, 6.07) is 14.2. The third-order valence-electron chi connectivity index (χ3n) is 2.68. The molecule has 1 N–H and O–H groups in total. The van der Waals surface area contributed by atoms with Gasteiger partial charge in [0.25, 0.3) is 0 Å². The Labute approximate surface area is 93.2 Å². The van der Waals surface area contributed by atoms with Crippen LogP contribution in [0.5, 0.6) is 0 Å². The van der Waals surface area contributed by atoms with E-state index in [4.69, 9.17) is 0 Å². The lowest BCUT2D eigenvalue weighted by Crippen LogP contribution is -1.83. The van der Waals surface area contributed by atoms with Crippen LogP contribution in [0.15, 0.2) is 42.5 Å². The lowest BCUT2D eigenvalue weighted by molar-refractivity contribution is 1.06. The number of aryl methyl sites for hydroxylation is 1. The molecule has 2 heterocycles. The lowest BCUT2D eigenvalue weighted by Gasteiger charge is -1.99. The fraction of sp³-hybridized carbons (Fsp3) is 0.0769. The highest BCUT2D eigenvalue weighted by atomic mass is 15.1. The largest absolute Gasteiger partial charge is 0.280 e. The summed E-state index contributed by atoms with van der Waals surface area (Å²) in [5, 5.41) is 8.19. The second-order valence-electron chi connectivity index (χ2n) is 3.78. The van der Waals surface area contributed by atoms with Gasteiger partial charge in [-0.2, -0.15) is 5.10 Å². The molecule has 0 aliphatic rings. The van der Waals surface area contributed by atoms with Gasteiger partial charge in [-0.3, -0.25) is 5.10 Å². The molecule has 3 heteroatoms. The van der Waals surface area contributed by atoms with E-state index >= 15 is 0 Å². The summed E-state index contributed by atoms with van der Waals surface area (Å²) in [6.45, 7) is 2.00. The Morgan fingerprint density at radius 2 is 1.81 bits per heavy atom. The predicted octanol–water partition coefficient (Wildman–Crippen LogP) is 2.93. The van der Waals surface area contributed by atoms with Crippen molar-refractivity contribution in [3.8, 4) is 11.3 Å². The Balaban J connectivity index is 2.19. The number of hydrogen-bond donors (Lipinski definition) is 1. The third-order valence-corrected chi connectivity index (χ3v) is 2.68. The van der Waals surface area contributed by atoms with Crippen LogP contribution in [0.4, 0.5) is 0 Å². The molecular weight excluding hydrogens is 198 g/mol. The smallest absolute Gasteiger partial charge is 0.181 e. The first-order valence-corrected chi connectivity index (χ1v) is 5.22. The van der Waals surface area contributed by atoms with Crippen LogP contribution in [-0.4, -0.2) is 15.2 Å². The van der Waals surface area contributed by atoms with E-state index in [1.165, 1.54) is 0 Å². The van der Waals surface area contributed by atoms with Crippen molar-refractivity contribution in [1.82, 2.24) is 15.2 Å². The SMILES string of the molecule is Cc1[nH]nc2nc(-c3ccccc3)ccc12. The molecule has 1 aromatic carbocycles. The maximum Gasteiger partial charge on any atom is 0.181 e. The van der Waals surface area contributed by atoms with E-state index in [1.54, 1.807) is 0 Å². The third kappa shape index (κ3) is 1.37. The van der Waals surface area contributed by atoms with Gasteiger partial charge >= 0.3 is 0 Å². The quantitative estimate of drug-likeness (QED) is 0.669. The van der Waals surface area contributed by atoms with Crippen LogP contribution in [0.25, 0.3) is 22.3 Å². The van der Waals surface area contributed by atoms with Crippen molar-refractivity contribution in [3.63, 3.8) is 0 Å². The average Bonchev–Trinajstić information content (AvgIpc) is 2.72. The van der Waals surface area contributed by atoms with E-state index in [9.17, 15) is 0 Å². The van der Waals surface area contributed by atoms with Crippen molar-refractivity contribution < 1.29 is 0 Å². The molecule has 78 valence electrons. The molecule has 0 spiro atoms. The molecule has 0 radical (unpaired) electrons. The van der Waals surface area contributed by atoms with Crippen LogP contribution in [0, 0.1) is 6.92 Å². The molecule has 3 rings (SSSR count). The van der Waals surface area contributed by atoms with Gasteiger partial charge in [-0.25, -0.2) is 4.98 Å². The summed E-state index contributed by atoms with van der Waals surface area (Å²) < 4.78 is 0. The number of nitrogens with one attached hydrogen (secondary N) is 1. The highest BCUT2D eigenvalue weighted by Gasteiger charge is 2.04. The highest BCUT2D eigenvalue weighted by molar-refractivity contribution is 5.80. The number of aromatic nitrogens is 3. The normalized spacial score (nSPS) is 10.8. The molecule has 0 aliphatic heterocycles. The van der Waals surface area contributed by atoms with Crippen LogP contribution in [0.1, 0.15) is 5.69 Å². The second kappa shape index (κ2) is 3.45. The molecule has 0 bridgehead atoms. The zero-order valence-corrected chi connectivity index (χ0v) is 8.94. The lowest BCUT2D eigenvalue weighted by atomic mass is 10.1. The number of nitrogens with zero attached hydrogens (tertiary/aromatic N) is 2. The van der Waals surface area contributed by atoms with Crippen molar-refractivity contribution in [2.45, 2.75) is 6.92 Å². The zero-order chi connectivity index (χ0) is 11.0. The van der Waals surface area contributed by atoms with Gasteiger partial charge in [-0.1, -0.05) is 30.3 Å². The molecule has 0 amide bonds. The maximum absolute atomic E-state index is 4.52. The summed E-state index contributed by atoms with van der Waals surface area (Å²) in [7, 11) is 0. The molecule has 0 aliphatic carbocycles. The van der Waals surface area contributed by atoms with E-state index in [2.05, 4.69) is 21.2 Å². The summed E-state index contributed by atoms with van der Waals surface area (Å²) in [5.74, 6) is 0. The van der Waals surface area contributed by atoms with E-state index < -0.39 is 0 Å². The molecule has 3 nitrogen and oxygen atoms in total. The Morgan fingerprint density at radius 3 is 2.62 bits per heavy atom. The molecule has 0 saturated carbocycles. The van der Waals surface area contributed by atoms with Gasteiger partial charge in [-0.05, 0) is 19.1 Å². The Hall–Kier alpha value is -2.16. The van der Waals surface area contributed by atoms with Gasteiger partial charge in [0, 0.05) is 16.6 Å². The molecule has 0 fully saturated rings. The minimum absolute atomic E-state index is 0.777. The molecule has 2 aromatic heterocycles. The van der Waals surface area contributed by atoms with Gasteiger partial charge in [0.15, 0.2) is 5.65 Å². The molecule has 0 unspecified atom stereocenters. The fourth-order valence-corrected chi connectivity index (χ4v) is 1.79. The number of aromatic amines is 1. The van der Waals surface area contributed by atoms with E-state index in [0.29, 0.717) is 0 Å². The van der Waals surface area contributed by atoms with Gasteiger partial charge in [0.05, 0.1) is 5.69 Å². The van der Waals surface area contributed by atoms with Crippen molar-refractivity contribution in [1.29, 1.82) is 0 Å². The average molecular weight is 209 g/mol. The fourth-order valence-electron chi connectivity index (χ4n) is 1.79. The number of fused-ring (bicyclic) bond motifs is 1. The minimum atomic E-state index is 0.777. The molecule has 0 atom stereocenters. The van der Waals surface area contributed by atoms with E-state index in [0.717, 1.165) is 28.0 Å². The number of benzene rings is 1. The van der Waals surface area contributed by atoms with Crippen LogP contribution in [0.3, 0.4) is 0 Å². The van der Waals surface area contributed by atoms with Gasteiger partial charge in [0.1, 0.15) is 0 Å². The van der Waals surface area contributed by atoms with Crippen LogP contribution < -0.4 is 0 Å². The second-order valence-corrected chi connectivity index (χ2v) is 3.78. The summed E-state index contributed by atoms with van der Waals surface area (Å²) >= 11 is 0. The molecule has 3 aromatic rings. The van der Waals surface area contributed by atoms with Crippen LogP contribution in [-0.2, 0) is 0 Å². The summed E-state index contributed by atoms with van der Waals surface area (Å²) in [5.41, 5.74) is 3.91. The Kier molecular flexibility index (Phi) is 1.96. The number of pyridine rings is 1. The maximum atomic E-state index is 4.52. The van der Waals surface area contributed by atoms with Crippen molar-refractivity contribution in [2.24, 2.45) is 0 Å². The van der Waals surface area contributed by atoms with Gasteiger partial charge in [-0.15, -0.1) is 0 Å². The van der Waals surface area contributed by atoms with E-state index in [1.807, 2.05) is 43.3 Å².